The van der Waals surface area contributed by atoms with E-state index >= 15 is 0 Å². The van der Waals surface area contributed by atoms with Gasteiger partial charge in [0, 0.05) is 30.0 Å². The van der Waals surface area contributed by atoms with Crippen LogP contribution in [0.2, 0.25) is 5.15 Å². The number of fused-ring (bicyclic) bond motifs is 1. The maximum atomic E-state index is 13.4. The van der Waals surface area contributed by atoms with Crippen molar-refractivity contribution in [3.8, 4) is 5.88 Å². The zero-order chi connectivity index (χ0) is 22.0. The van der Waals surface area contributed by atoms with Gasteiger partial charge in [-0.05, 0) is 22.5 Å². The molecule has 0 spiro atoms. The molecule has 0 aliphatic carbocycles. The second-order valence-electron chi connectivity index (χ2n) is 6.84. The first-order chi connectivity index (χ1) is 13.2. The number of pyridine rings is 2. The third-order valence-electron chi connectivity index (χ3n) is 4.03. The van der Waals surface area contributed by atoms with Crippen molar-refractivity contribution in [3.63, 3.8) is 0 Å². The van der Waals surface area contributed by atoms with Gasteiger partial charge in [-0.3, -0.25) is 0 Å². The fourth-order valence-corrected chi connectivity index (χ4v) is 3.38. The van der Waals surface area contributed by atoms with E-state index in [1.807, 2.05) is 0 Å². The molecule has 0 amide bonds. The molecule has 2 heterocycles. The van der Waals surface area contributed by atoms with E-state index in [-0.39, 0.29) is 16.4 Å². The second-order valence-corrected chi connectivity index (χ2v) is 9.49. The highest BCUT2D eigenvalue weighted by molar-refractivity contribution is 7.90. The van der Waals surface area contributed by atoms with Crippen molar-refractivity contribution in [1.82, 2.24) is 9.97 Å². The Morgan fingerprint density at radius 1 is 1.28 bits per heavy atom. The van der Waals surface area contributed by atoms with E-state index in [0.717, 1.165) is 6.26 Å². The van der Waals surface area contributed by atoms with Gasteiger partial charge in [-0.1, -0.05) is 30.6 Å². The van der Waals surface area contributed by atoms with Crippen LogP contribution >= 0.6 is 11.6 Å². The Hall–Kier alpha value is -2.30. The predicted octanol–water partition coefficient (Wildman–Crippen LogP) is 4.57. The van der Waals surface area contributed by atoms with Crippen molar-refractivity contribution in [2.75, 3.05) is 12.0 Å². The van der Waals surface area contributed by atoms with Crippen LogP contribution in [0.5, 0.6) is 5.88 Å². The first kappa shape index (κ1) is 23.0. The first-order valence-corrected chi connectivity index (χ1v) is 10.6. The molecule has 0 saturated heterocycles. The standard InChI is InChI=1S/C16H17ClF3N5O3S/c1-15(2,24-25-21)11-8-23-14(10-7-22-13(17)6-9(10)11)28-12(16(18,19)20)4-5-29(3,26)27/h6-8,12H,4-5H2,1-3H3. The van der Waals surface area contributed by atoms with Gasteiger partial charge >= 0.3 is 6.18 Å². The van der Waals surface area contributed by atoms with Gasteiger partial charge in [-0.2, -0.15) is 13.2 Å². The number of rotatable bonds is 7. The minimum atomic E-state index is -4.82. The quantitative estimate of drug-likeness (QED) is 0.264. The van der Waals surface area contributed by atoms with E-state index in [2.05, 4.69) is 20.0 Å². The normalized spacial score (nSPS) is 13.8. The summed E-state index contributed by atoms with van der Waals surface area (Å²) in [4.78, 5) is 10.6. The van der Waals surface area contributed by atoms with Crippen LogP contribution in [-0.2, 0) is 15.4 Å². The monoisotopic (exact) mass is 451 g/mol. The average molecular weight is 452 g/mol. The molecule has 29 heavy (non-hydrogen) atoms. The molecule has 13 heteroatoms. The summed E-state index contributed by atoms with van der Waals surface area (Å²) in [6, 6.07) is 1.40. The van der Waals surface area contributed by atoms with E-state index in [4.69, 9.17) is 21.9 Å². The van der Waals surface area contributed by atoms with Crippen LogP contribution in [0.1, 0.15) is 25.8 Å². The minimum absolute atomic E-state index is 0.0667. The van der Waals surface area contributed by atoms with Gasteiger partial charge in [0.1, 0.15) is 15.0 Å². The lowest BCUT2D eigenvalue weighted by Gasteiger charge is -2.24. The number of hydrogen-bond acceptors (Lipinski definition) is 6. The fourth-order valence-electron chi connectivity index (χ4n) is 2.58. The summed E-state index contributed by atoms with van der Waals surface area (Å²) in [6.07, 6.45) is -4.74. The maximum Gasteiger partial charge on any atom is 0.425 e. The van der Waals surface area contributed by atoms with Gasteiger partial charge in [0.05, 0.1) is 16.7 Å². The van der Waals surface area contributed by atoms with E-state index in [9.17, 15) is 21.6 Å². The maximum absolute atomic E-state index is 13.4. The highest BCUT2D eigenvalue weighted by Crippen LogP contribution is 2.37. The summed E-state index contributed by atoms with van der Waals surface area (Å²) in [7, 11) is -3.63. The van der Waals surface area contributed by atoms with E-state index in [0.29, 0.717) is 10.9 Å². The number of hydrogen-bond donors (Lipinski definition) is 0. The van der Waals surface area contributed by atoms with Crippen molar-refractivity contribution in [1.29, 1.82) is 0 Å². The Kier molecular flexibility index (Phi) is 6.51. The third kappa shape index (κ3) is 5.84. The van der Waals surface area contributed by atoms with Gasteiger partial charge in [0.15, 0.2) is 6.10 Å². The van der Waals surface area contributed by atoms with Crippen LogP contribution in [-0.4, -0.2) is 42.7 Å². The Labute approximate surface area is 169 Å². The molecule has 1 atom stereocenters. The van der Waals surface area contributed by atoms with E-state index < -0.39 is 39.8 Å². The summed E-state index contributed by atoms with van der Waals surface area (Å²) in [5, 5.41) is 4.21. The van der Waals surface area contributed by atoms with Crippen LogP contribution in [0.3, 0.4) is 0 Å². The number of alkyl halides is 3. The number of aromatic nitrogens is 2. The van der Waals surface area contributed by atoms with Gasteiger partial charge < -0.3 is 4.74 Å². The molecule has 0 N–H and O–H groups in total. The van der Waals surface area contributed by atoms with Crippen LogP contribution in [0.25, 0.3) is 21.2 Å². The molecule has 0 saturated carbocycles. The Morgan fingerprint density at radius 2 is 1.93 bits per heavy atom. The third-order valence-corrected chi connectivity index (χ3v) is 5.21. The molecule has 0 aliphatic heterocycles. The molecule has 8 nitrogen and oxygen atoms in total. The summed E-state index contributed by atoms with van der Waals surface area (Å²) >= 11 is 5.93. The van der Waals surface area contributed by atoms with Crippen LogP contribution in [0.15, 0.2) is 23.6 Å². The topological polar surface area (TPSA) is 118 Å². The Balaban J connectivity index is 2.57. The van der Waals surface area contributed by atoms with Crippen LogP contribution in [0, 0.1) is 0 Å². The van der Waals surface area contributed by atoms with Crippen molar-refractivity contribution in [3.05, 3.63) is 39.6 Å². The van der Waals surface area contributed by atoms with Crippen molar-refractivity contribution in [2.24, 2.45) is 5.11 Å². The van der Waals surface area contributed by atoms with Gasteiger partial charge in [-0.25, -0.2) is 18.4 Å². The van der Waals surface area contributed by atoms with Crippen LogP contribution in [0.4, 0.5) is 13.2 Å². The summed E-state index contributed by atoms with van der Waals surface area (Å²) in [5.74, 6) is -1.10. The largest absolute Gasteiger partial charge is 0.464 e. The van der Waals surface area contributed by atoms with E-state index in [1.54, 1.807) is 13.8 Å². The molecule has 2 rings (SSSR count). The Morgan fingerprint density at radius 3 is 2.48 bits per heavy atom. The van der Waals surface area contributed by atoms with Crippen molar-refractivity contribution < 1.29 is 26.3 Å². The van der Waals surface area contributed by atoms with Crippen molar-refractivity contribution in [2.45, 2.75) is 38.1 Å². The van der Waals surface area contributed by atoms with Crippen molar-refractivity contribution >= 4 is 32.2 Å². The summed E-state index contributed by atoms with van der Waals surface area (Å²) < 4.78 is 67.7. The lowest BCUT2D eigenvalue weighted by molar-refractivity contribution is -0.195. The second kappa shape index (κ2) is 8.21. The van der Waals surface area contributed by atoms with Gasteiger partial charge in [0.2, 0.25) is 5.88 Å². The zero-order valence-electron chi connectivity index (χ0n) is 15.6. The smallest absolute Gasteiger partial charge is 0.425 e. The molecule has 158 valence electrons. The first-order valence-electron chi connectivity index (χ1n) is 8.16. The molecule has 0 fully saturated rings. The highest BCUT2D eigenvalue weighted by atomic mass is 35.5. The number of halogens is 4. The minimum Gasteiger partial charge on any atom is -0.464 e. The summed E-state index contributed by atoms with van der Waals surface area (Å²) in [5.41, 5.74) is 8.10. The lowest BCUT2D eigenvalue weighted by Crippen LogP contribution is -2.36. The number of sulfone groups is 1. The molecule has 0 radical (unpaired) electrons. The molecule has 2 aromatic rings. The molecule has 0 aromatic carbocycles. The number of azide groups is 1. The van der Waals surface area contributed by atoms with Gasteiger partial charge in [-0.15, -0.1) is 0 Å². The number of nitrogens with zero attached hydrogens (tertiary/aromatic N) is 5. The molecular formula is C16H17ClF3N5O3S. The lowest BCUT2D eigenvalue weighted by atomic mass is 9.93. The molecule has 0 bridgehead atoms. The molecule has 1 unspecified atom stereocenters. The zero-order valence-corrected chi connectivity index (χ0v) is 17.2. The SMILES string of the molecule is CC(C)(N=[N+]=[N-])c1cnc(OC(CCS(C)(=O)=O)C(F)(F)F)c2cnc(Cl)cc12. The van der Waals surface area contributed by atoms with Gasteiger partial charge in [0.25, 0.3) is 0 Å². The van der Waals surface area contributed by atoms with Crippen LogP contribution < -0.4 is 4.74 Å². The summed E-state index contributed by atoms with van der Waals surface area (Å²) in [6.45, 7) is 3.20. The number of ether oxygens (including phenoxy) is 1. The molecule has 2 aromatic heterocycles. The Bertz CT molecular complexity index is 1070. The molecular weight excluding hydrogens is 435 g/mol. The highest BCUT2D eigenvalue weighted by Gasteiger charge is 2.42. The fraction of sp³-hybridized carbons (Fsp3) is 0.500. The van der Waals surface area contributed by atoms with E-state index in [1.165, 1.54) is 18.5 Å². The molecule has 0 aliphatic rings. The predicted molar refractivity (Wildman–Crippen MR) is 102 cm³/mol. The average Bonchev–Trinajstić information content (AvgIpc) is 2.55.